The Morgan fingerprint density at radius 3 is 2.56 bits per heavy atom. The van der Waals surface area contributed by atoms with Gasteiger partial charge in [0.1, 0.15) is 6.10 Å². The van der Waals surface area contributed by atoms with Crippen LogP contribution < -0.4 is 5.32 Å². The van der Waals surface area contributed by atoms with E-state index in [2.05, 4.69) is 22.1 Å². The summed E-state index contributed by atoms with van der Waals surface area (Å²) < 4.78 is 11.1. The normalized spacial score (nSPS) is 21.7. The first-order valence-corrected chi connectivity index (χ1v) is 9.70. The number of nitrogens with one attached hydrogen (secondary N) is 1. The molecule has 0 aliphatic carbocycles. The van der Waals surface area contributed by atoms with Crippen LogP contribution >= 0.6 is 0 Å². The molecule has 25 heavy (non-hydrogen) atoms. The standard InChI is InChI=1S/C18H34N4O3/c1-3-4-13-24-14-6-8-20-18(19-2)22-11-9-21(10-12-22)17(23)16-7-5-15-25-16/h16H,3-15H2,1-2H3,(H,19,20). The third-order valence-electron chi connectivity index (χ3n) is 4.70. The Labute approximate surface area is 151 Å². The monoisotopic (exact) mass is 354 g/mol. The van der Waals surface area contributed by atoms with Gasteiger partial charge in [-0.3, -0.25) is 9.79 Å². The predicted molar refractivity (Wildman–Crippen MR) is 98.8 cm³/mol. The van der Waals surface area contributed by atoms with Crippen molar-refractivity contribution < 1.29 is 14.3 Å². The van der Waals surface area contributed by atoms with E-state index in [1.54, 1.807) is 0 Å². The molecule has 0 spiro atoms. The summed E-state index contributed by atoms with van der Waals surface area (Å²) in [6.45, 7) is 8.47. The van der Waals surface area contributed by atoms with Gasteiger partial charge in [0.05, 0.1) is 0 Å². The van der Waals surface area contributed by atoms with Crippen molar-refractivity contribution in [2.75, 3.05) is 59.6 Å². The highest BCUT2D eigenvalue weighted by atomic mass is 16.5. The van der Waals surface area contributed by atoms with Crippen molar-refractivity contribution >= 4 is 11.9 Å². The number of guanidine groups is 1. The lowest BCUT2D eigenvalue weighted by Gasteiger charge is -2.37. The van der Waals surface area contributed by atoms with E-state index >= 15 is 0 Å². The zero-order valence-electron chi connectivity index (χ0n) is 15.8. The van der Waals surface area contributed by atoms with Crippen LogP contribution in [0.15, 0.2) is 4.99 Å². The third kappa shape index (κ3) is 6.47. The number of hydrogen-bond donors (Lipinski definition) is 1. The van der Waals surface area contributed by atoms with E-state index in [4.69, 9.17) is 9.47 Å². The summed E-state index contributed by atoms with van der Waals surface area (Å²) in [6.07, 6.45) is 4.92. The van der Waals surface area contributed by atoms with Gasteiger partial charge in [-0.25, -0.2) is 0 Å². The molecule has 2 aliphatic rings. The molecule has 2 rings (SSSR count). The summed E-state index contributed by atoms with van der Waals surface area (Å²) >= 11 is 0. The van der Waals surface area contributed by atoms with E-state index < -0.39 is 0 Å². The minimum Gasteiger partial charge on any atom is -0.381 e. The molecule has 2 fully saturated rings. The molecule has 1 unspecified atom stereocenters. The quantitative estimate of drug-likeness (QED) is 0.402. The van der Waals surface area contributed by atoms with Crippen molar-refractivity contribution in [2.45, 2.75) is 45.1 Å². The lowest BCUT2D eigenvalue weighted by Crippen LogP contribution is -2.55. The van der Waals surface area contributed by atoms with Crippen molar-refractivity contribution in [3.05, 3.63) is 0 Å². The zero-order chi connectivity index (χ0) is 17.9. The molecule has 7 nitrogen and oxygen atoms in total. The van der Waals surface area contributed by atoms with Crippen LogP contribution in [0.4, 0.5) is 0 Å². The molecule has 0 aromatic carbocycles. The average Bonchev–Trinajstić information content (AvgIpc) is 3.18. The molecule has 0 bridgehead atoms. The fraction of sp³-hybridized carbons (Fsp3) is 0.889. The largest absolute Gasteiger partial charge is 0.381 e. The average molecular weight is 354 g/mol. The van der Waals surface area contributed by atoms with Crippen LogP contribution in [0.3, 0.4) is 0 Å². The topological polar surface area (TPSA) is 66.4 Å². The number of aliphatic imine (C=N–C) groups is 1. The summed E-state index contributed by atoms with van der Waals surface area (Å²) in [7, 11) is 1.81. The molecule has 1 amide bonds. The number of carbonyl (C=O) groups is 1. The van der Waals surface area contributed by atoms with Crippen molar-refractivity contribution in [1.82, 2.24) is 15.1 Å². The van der Waals surface area contributed by atoms with E-state index in [0.717, 1.165) is 84.2 Å². The van der Waals surface area contributed by atoms with Gasteiger partial charge in [-0.05, 0) is 25.7 Å². The number of piperazine rings is 1. The Morgan fingerprint density at radius 1 is 1.20 bits per heavy atom. The van der Waals surface area contributed by atoms with E-state index in [9.17, 15) is 4.79 Å². The van der Waals surface area contributed by atoms with E-state index in [1.807, 2.05) is 11.9 Å². The van der Waals surface area contributed by atoms with Crippen LogP contribution in [0, 0.1) is 0 Å². The Balaban J connectivity index is 1.63. The molecule has 0 saturated carbocycles. The lowest BCUT2D eigenvalue weighted by atomic mass is 10.2. The summed E-state index contributed by atoms with van der Waals surface area (Å²) in [6, 6.07) is 0. The summed E-state index contributed by atoms with van der Waals surface area (Å²) in [5, 5.41) is 3.40. The summed E-state index contributed by atoms with van der Waals surface area (Å²) in [5.41, 5.74) is 0. The summed E-state index contributed by atoms with van der Waals surface area (Å²) in [5.74, 6) is 1.07. The number of amides is 1. The van der Waals surface area contributed by atoms with Gasteiger partial charge < -0.3 is 24.6 Å². The number of unbranched alkanes of at least 4 members (excludes halogenated alkanes) is 1. The minimum atomic E-state index is -0.211. The minimum absolute atomic E-state index is 0.157. The van der Waals surface area contributed by atoms with E-state index in [-0.39, 0.29) is 12.0 Å². The number of rotatable bonds is 8. The first kappa shape index (κ1) is 20.0. The van der Waals surface area contributed by atoms with Crippen LogP contribution in [-0.2, 0) is 14.3 Å². The van der Waals surface area contributed by atoms with Crippen LogP contribution in [0.5, 0.6) is 0 Å². The summed E-state index contributed by atoms with van der Waals surface area (Å²) in [4.78, 5) is 20.9. The maximum atomic E-state index is 12.4. The molecule has 7 heteroatoms. The molecule has 2 heterocycles. The Hall–Kier alpha value is -1.34. The molecule has 0 aromatic rings. The van der Waals surface area contributed by atoms with Gasteiger partial charge in [0.15, 0.2) is 5.96 Å². The second-order valence-corrected chi connectivity index (χ2v) is 6.61. The van der Waals surface area contributed by atoms with Crippen molar-refractivity contribution in [3.8, 4) is 0 Å². The fourth-order valence-corrected chi connectivity index (χ4v) is 3.17. The van der Waals surface area contributed by atoms with Crippen LogP contribution in [0.1, 0.15) is 39.0 Å². The molecular weight excluding hydrogens is 320 g/mol. The van der Waals surface area contributed by atoms with E-state index in [0.29, 0.717) is 0 Å². The van der Waals surface area contributed by atoms with Crippen LogP contribution in [-0.4, -0.2) is 87.4 Å². The predicted octanol–water partition coefficient (Wildman–Crippen LogP) is 1.09. The van der Waals surface area contributed by atoms with E-state index in [1.165, 1.54) is 6.42 Å². The van der Waals surface area contributed by atoms with Gasteiger partial charge in [-0.1, -0.05) is 13.3 Å². The zero-order valence-corrected chi connectivity index (χ0v) is 15.8. The highest BCUT2D eigenvalue weighted by Gasteiger charge is 2.30. The molecule has 1 N–H and O–H groups in total. The highest BCUT2D eigenvalue weighted by molar-refractivity contribution is 5.82. The van der Waals surface area contributed by atoms with Crippen LogP contribution in [0.2, 0.25) is 0 Å². The molecule has 1 atom stereocenters. The number of ether oxygens (including phenoxy) is 2. The van der Waals surface area contributed by atoms with Crippen molar-refractivity contribution in [2.24, 2.45) is 4.99 Å². The first-order valence-electron chi connectivity index (χ1n) is 9.70. The van der Waals surface area contributed by atoms with Crippen LogP contribution in [0.25, 0.3) is 0 Å². The maximum absolute atomic E-state index is 12.4. The smallest absolute Gasteiger partial charge is 0.251 e. The Morgan fingerprint density at radius 2 is 1.92 bits per heavy atom. The van der Waals surface area contributed by atoms with Crippen molar-refractivity contribution in [3.63, 3.8) is 0 Å². The molecule has 144 valence electrons. The second-order valence-electron chi connectivity index (χ2n) is 6.61. The van der Waals surface area contributed by atoms with Gasteiger partial charge in [0.25, 0.3) is 5.91 Å². The Bertz CT molecular complexity index is 417. The Kier molecular flexibility index (Phi) is 9.04. The lowest BCUT2D eigenvalue weighted by molar-refractivity contribution is -0.142. The third-order valence-corrected chi connectivity index (χ3v) is 4.70. The molecule has 2 saturated heterocycles. The fourth-order valence-electron chi connectivity index (χ4n) is 3.17. The molecule has 0 aromatic heterocycles. The van der Waals surface area contributed by atoms with Gasteiger partial charge in [-0.2, -0.15) is 0 Å². The van der Waals surface area contributed by atoms with Gasteiger partial charge in [-0.15, -0.1) is 0 Å². The SMILES string of the molecule is CCCCOCCCNC(=NC)N1CCN(C(=O)C2CCCO2)CC1. The number of hydrogen-bond acceptors (Lipinski definition) is 4. The molecular formula is C18H34N4O3. The number of nitrogens with zero attached hydrogens (tertiary/aromatic N) is 3. The van der Waals surface area contributed by atoms with Gasteiger partial charge in [0, 0.05) is 59.6 Å². The van der Waals surface area contributed by atoms with Crippen molar-refractivity contribution in [1.29, 1.82) is 0 Å². The maximum Gasteiger partial charge on any atom is 0.251 e. The number of carbonyl (C=O) groups excluding carboxylic acids is 1. The first-order chi connectivity index (χ1) is 12.3. The highest BCUT2D eigenvalue weighted by Crippen LogP contribution is 2.16. The molecule has 0 radical (unpaired) electrons. The second kappa shape index (κ2) is 11.3. The van der Waals surface area contributed by atoms with Gasteiger partial charge in [0.2, 0.25) is 0 Å². The molecule has 2 aliphatic heterocycles. The van der Waals surface area contributed by atoms with Gasteiger partial charge >= 0.3 is 0 Å².